The van der Waals surface area contributed by atoms with Crippen molar-refractivity contribution in [1.29, 1.82) is 0 Å². The van der Waals surface area contributed by atoms with E-state index in [4.69, 9.17) is 9.29 Å². The Balaban J connectivity index is 0.000000454. The molecular formula is C27H41NO7S. The summed E-state index contributed by atoms with van der Waals surface area (Å²) in [5.41, 5.74) is 1.54. The third-order valence-corrected chi connectivity index (χ3v) is 8.92. The lowest BCUT2D eigenvalue weighted by molar-refractivity contribution is -0.134. The number of nitrogens with zero attached hydrogens (tertiary/aromatic N) is 1. The van der Waals surface area contributed by atoms with E-state index in [1.54, 1.807) is 13.0 Å². The van der Waals surface area contributed by atoms with Crippen LogP contribution in [0.15, 0.2) is 12.1 Å². The van der Waals surface area contributed by atoms with Crippen LogP contribution < -0.4 is 8.92 Å². The van der Waals surface area contributed by atoms with Crippen molar-refractivity contribution in [2.24, 2.45) is 17.3 Å². The van der Waals surface area contributed by atoms with Gasteiger partial charge in [-0.2, -0.15) is 8.42 Å². The van der Waals surface area contributed by atoms with Crippen molar-refractivity contribution in [2.75, 3.05) is 19.6 Å². The summed E-state index contributed by atoms with van der Waals surface area (Å²) in [6.45, 7) is 13.9. The minimum Gasteiger partial charge on any atom is -0.426 e. The standard InChI is InChI=1S/C21H26O7S.C6H15N/c1-3-19(23)27-17-11-13(28-29(24,25)26)10-12-4-5-14-15(20(12)17)8-9-21(2)16(14)6-7-18(21)22;1-4-7(5-2)6-3/h10-11,14-16H,3-9H2,1-2H3,(H,24,25,26);4-6H2,1-3H3/t14-,15+,16+,21+;/m1./s1. The van der Waals surface area contributed by atoms with Gasteiger partial charge in [-0.3, -0.25) is 14.1 Å². The summed E-state index contributed by atoms with van der Waals surface area (Å²) in [6, 6.07) is 2.98. The molecule has 0 spiro atoms. The summed E-state index contributed by atoms with van der Waals surface area (Å²) in [6.07, 6.45) is 4.92. The molecule has 0 bridgehead atoms. The highest BCUT2D eigenvalue weighted by Gasteiger charge is 2.55. The van der Waals surface area contributed by atoms with Crippen LogP contribution in [0.3, 0.4) is 0 Å². The van der Waals surface area contributed by atoms with Gasteiger partial charge in [-0.15, -0.1) is 0 Å². The topological polar surface area (TPSA) is 110 Å². The van der Waals surface area contributed by atoms with Crippen molar-refractivity contribution in [2.45, 2.75) is 85.5 Å². The predicted molar refractivity (Wildman–Crippen MR) is 138 cm³/mol. The van der Waals surface area contributed by atoms with Crippen LogP contribution in [0.4, 0.5) is 0 Å². The number of ketones is 1. The summed E-state index contributed by atoms with van der Waals surface area (Å²) in [4.78, 5) is 26.9. The second kappa shape index (κ2) is 11.6. The minimum absolute atomic E-state index is 0.0692. The van der Waals surface area contributed by atoms with Crippen molar-refractivity contribution >= 4 is 22.2 Å². The zero-order valence-corrected chi connectivity index (χ0v) is 23.0. The molecule has 1 N–H and O–H groups in total. The van der Waals surface area contributed by atoms with Gasteiger partial charge < -0.3 is 13.8 Å². The SMILES string of the molecule is CCC(=O)Oc1cc(OS(=O)(=O)O)cc2c1[C@H]1CC[C@]3(C)C(=O)CC[C@H]3[C@@H]1CC2.CCN(CC)CC. The van der Waals surface area contributed by atoms with Crippen LogP contribution in [0.25, 0.3) is 0 Å². The maximum Gasteiger partial charge on any atom is 0.446 e. The number of Topliss-reactive ketones (excluding diaryl/α,β-unsaturated/α-hetero) is 1. The van der Waals surface area contributed by atoms with E-state index in [9.17, 15) is 18.0 Å². The maximum atomic E-state index is 12.5. The van der Waals surface area contributed by atoms with E-state index >= 15 is 0 Å². The number of hydrogen-bond acceptors (Lipinski definition) is 7. The van der Waals surface area contributed by atoms with Gasteiger partial charge in [0, 0.05) is 29.9 Å². The first-order valence-electron chi connectivity index (χ1n) is 13.3. The van der Waals surface area contributed by atoms with Gasteiger partial charge in [0.05, 0.1) is 0 Å². The number of carbonyl (C=O) groups is 2. The number of rotatable bonds is 7. The maximum absolute atomic E-state index is 12.5. The predicted octanol–water partition coefficient (Wildman–Crippen LogP) is 4.96. The normalized spacial score (nSPS) is 26.9. The molecule has 1 aromatic carbocycles. The number of fused-ring (bicyclic) bond motifs is 5. The number of ether oxygens (including phenoxy) is 1. The molecule has 2 saturated carbocycles. The zero-order valence-electron chi connectivity index (χ0n) is 22.2. The smallest absolute Gasteiger partial charge is 0.426 e. The second-order valence-electron chi connectivity index (χ2n) is 10.3. The molecule has 36 heavy (non-hydrogen) atoms. The van der Waals surface area contributed by atoms with Crippen molar-refractivity contribution in [3.63, 3.8) is 0 Å². The number of esters is 1. The number of carbonyl (C=O) groups excluding carboxylic acids is 2. The molecule has 0 radical (unpaired) electrons. The molecule has 9 heteroatoms. The molecule has 0 unspecified atom stereocenters. The number of benzene rings is 1. The molecule has 3 aliphatic rings. The summed E-state index contributed by atoms with van der Waals surface area (Å²) in [5, 5.41) is 0. The lowest BCUT2D eigenvalue weighted by atomic mass is 9.55. The molecule has 1 aromatic rings. The van der Waals surface area contributed by atoms with Crippen LogP contribution >= 0.6 is 0 Å². The molecule has 202 valence electrons. The Morgan fingerprint density at radius 3 is 2.31 bits per heavy atom. The number of aryl methyl sites for hydroxylation is 1. The van der Waals surface area contributed by atoms with Crippen molar-refractivity contribution in [3.05, 3.63) is 23.3 Å². The van der Waals surface area contributed by atoms with E-state index in [0.29, 0.717) is 36.2 Å². The molecule has 3 aliphatic carbocycles. The molecule has 0 saturated heterocycles. The average Bonchev–Trinajstić information content (AvgIpc) is 3.13. The van der Waals surface area contributed by atoms with Gasteiger partial charge in [0.25, 0.3) is 0 Å². The van der Waals surface area contributed by atoms with Crippen LogP contribution in [0.2, 0.25) is 0 Å². The first kappa shape index (κ1) is 28.6. The molecule has 0 aliphatic heterocycles. The van der Waals surface area contributed by atoms with Gasteiger partial charge in [-0.1, -0.05) is 34.6 Å². The van der Waals surface area contributed by atoms with E-state index in [0.717, 1.165) is 36.8 Å². The molecule has 0 amide bonds. The second-order valence-corrected chi connectivity index (χ2v) is 11.3. The third kappa shape index (κ3) is 6.11. The van der Waals surface area contributed by atoms with Crippen LogP contribution in [-0.2, 0) is 26.4 Å². The monoisotopic (exact) mass is 523 g/mol. The number of hydrogen-bond donors (Lipinski definition) is 1. The minimum atomic E-state index is -4.68. The van der Waals surface area contributed by atoms with E-state index in [1.165, 1.54) is 25.7 Å². The Morgan fingerprint density at radius 1 is 1.08 bits per heavy atom. The molecule has 8 nitrogen and oxygen atoms in total. The van der Waals surface area contributed by atoms with Gasteiger partial charge in [-0.05, 0) is 81.1 Å². The highest BCUT2D eigenvalue weighted by Crippen LogP contribution is 2.60. The summed E-state index contributed by atoms with van der Waals surface area (Å²) >= 11 is 0. The van der Waals surface area contributed by atoms with Crippen LogP contribution in [-0.4, -0.2) is 49.3 Å². The summed E-state index contributed by atoms with van der Waals surface area (Å²) < 4.78 is 41.6. The van der Waals surface area contributed by atoms with E-state index < -0.39 is 16.4 Å². The zero-order chi connectivity index (χ0) is 26.7. The largest absolute Gasteiger partial charge is 0.446 e. The molecule has 4 atom stereocenters. The Morgan fingerprint density at radius 2 is 1.75 bits per heavy atom. The Kier molecular flexibility index (Phi) is 9.22. The van der Waals surface area contributed by atoms with Crippen LogP contribution in [0.1, 0.15) is 90.2 Å². The molecule has 2 fully saturated rings. The van der Waals surface area contributed by atoms with Crippen LogP contribution in [0.5, 0.6) is 11.5 Å². The molecule has 4 rings (SSSR count). The van der Waals surface area contributed by atoms with Crippen molar-refractivity contribution < 1.29 is 31.5 Å². The fraction of sp³-hybridized carbons (Fsp3) is 0.704. The van der Waals surface area contributed by atoms with Gasteiger partial charge in [-0.25, -0.2) is 0 Å². The van der Waals surface area contributed by atoms with E-state index in [-0.39, 0.29) is 23.5 Å². The third-order valence-electron chi connectivity index (χ3n) is 8.52. The summed E-state index contributed by atoms with van der Waals surface area (Å²) in [5.74, 6) is 0.986. The van der Waals surface area contributed by atoms with Gasteiger partial charge >= 0.3 is 16.4 Å². The lowest BCUT2D eigenvalue weighted by Crippen LogP contribution is -2.42. The van der Waals surface area contributed by atoms with Crippen molar-refractivity contribution in [3.8, 4) is 11.5 Å². The van der Waals surface area contributed by atoms with E-state index in [2.05, 4.69) is 36.8 Å². The fourth-order valence-corrected chi connectivity index (χ4v) is 6.88. The van der Waals surface area contributed by atoms with Crippen LogP contribution in [0, 0.1) is 17.3 Å². The molecular weight excluding hydrogens is 482 g/mol. The van der Waals surface area contributed by atoms with Gasteiger partial charge in [0.2, 0.25) is 0 Å². The summed E-state index contributed by atoms with van der Waals surface area (Å²) in [7, 11) is -4.68. The van der Waals surface area contributed by atoms with Gasteiger partial charge in [0.1, 0.15) is 17.3 Å². The quantitative estimate of drug-likeness (QED) is 0.303. The highest BCUT2D eigenvalue weighted by molar-refractivity contribution is 7.81. The fourth-order valence-electron chi connectivity index (χ4n) is 6.55. The lowest BCUT2D eigenvalue weighted by Gasteiger charge is -2.48. The molecule has 0 heterocycles. The highest BCUT2D eigenvalue weighted by atomic mass is 32.3. The Hall–Kier alpha value is -1.97. The Bertz CT molecular complexity index is 1060. The Labute approximate surface area is 215 Å². The van der Waals surface area contributed by atoms with Gasteiger partial charge in [0.15, 0.2) is 0 Å². The average molecular weight is 524 g/mol. The van der Waals surface area contributed by atoms with E-state index in [1.807, 2.05) is 0 Å². The first-order chi connectivity index (χ1) is 17.0. The van der Waals surface area contributed by atoms with Crippen molar-refractivity contribution in [1.82, 2.24) is 4.90 Å². The molecule has 0 aromatic heterocycles. The first-order valence-corrected chi connectivity index (χ1v) is 14.6.